The maximum absolute atomic E-state index is 12.8. The van der Waals surface area contributed by atoms with Gasteiger partial charge in [0.05, 0.1) is 5.92 Å². The molecule has 24 heavy (non-hydrogen) atoms. The van der Waals surface area contributed by atoms with Gasteiger partial charge in [-0.1, -0.05) is 63.4 Å². The molecule has 136 valence electrons. The van der Waals surface area contributed by atoms with Crippen molar-refractivity contribution in [2.75, 3.05) is 26.2 Å². The van der Waals surface area contributed by atoms with Crippen LogP contribution in [0.4, 0.5) is 0 Å². The highest BCUT2D eigenvalue weighted by Gasteiger charge is 2.32. The Hall–Kier alpha value is -1.06. The molecule has 0 amide bonds. The smallest absolute Gasteiger partial charge is 0.313 e. The van der Waals surface area contributed by atoms with Gasteiger partial charge in [0, 0.05) is 6.54 Å². The van der Waals surface area contributed by atoms with Crippen LogP contribution in [0.25, 0.3) is 0 Å². The lowest BCUT2D eigenvalue weighted by Crippen LogP contribution is -3.00. The van der Waals surface area contributed by atoms with Crippen molar-refractivity contribution in [2.24, 2.45) is 5.92 Å². The number of benzene rings is 1. The van der Waals surface area contributed by atoms with Gasteiger partial charge >= 0.3 is 5.97 Å². The minimum atomic E-state index is -0.0896. The van der Waals surface area contributed by atoms with Crippen LogP contribution in [-0.4, -0.2) is 37.1 Å². The summed E-state index contributed by atoms with van der Waals surface area (Å²) in [5.74, 6) is 0.315. The summed E-state index contributed by atoms with van der Waals surface area (Å²) in [6, 6.07) is 10.2. The molecule has 4 heteroatoms. The van der Waals surface area contributed by atoms with Crippen molar-refractivity contribution in [1.82, 2.24) is 4.90 Å². The van der Waals surface area contributed by atoms with Crippen molar-refractivity contribution in [3.05, 3.63) is 35.9 Å². The van der Waals surface area contributed by atoms with E-state index in [1.165, 1.54) is 19.3 Å². The predicted octanol–water partition coefficient (Wildman–Crippen LogP) is 1.24. The van der Waals surface area contributed by atoms with Crippen LogP contribution in [0.15, 0.2) is 30.3 Å². The molecular weight excluding hydrogens is 322 g/mol. The summed E-state index contributed by atoms with van der Waals surface area (Å²) < 4.78 is 5.67. The van der Waals surface area contributed by atoms with Crippen molar-refractivity contribution in [1.29, 1.82) is 0 Å². The van der Waals surface area contributed by atoms with E-state index in [4.69, 9.17) is 4.74 Å². The molecule has 3 nitrogen and oxygen atoms in total. The van der Waals surface area contributed by atoms with Crippen LogP contribution in [0.3, 0.4) is 0 Å². The number of halogens is 1. The van der Waals surface area contributed by atoms with E-state index in [0.717, 1.165) is 38.0 Å². The lowest BCUT2D eigenvalue weighted by molar-refractivity contribution is -0.147. The Morgan fingerprint density at radius 3 is 2.33 bits per heavy atom. The Kier molecular flexibility index (Phi) is 10.0. The molecule has 0 N–H and O–H groups in total. The summed E-state index contributed by atoms with van der Waals surface area (Å²) in [5, 5.41) is 0. The zero-order valence-electron chi connectivity index (χ0n) is 15.0. The molecule has 1 aliphatic rings. The summed E-state index contributed by atoms with van der Waals surface area (Å²) in [6.45, 7) is 7.60. The fourth-order valence-corrected chi connectivity index (χ4v) is 3.63. The van der Waals surface area contributed by atoms with Crippen LogP contribution < -0.4 is 12.4 Å². The summed E-state index contributed by atoms with van der Waals surface area (Å²) in [7, 11) is 0. The molecular formula is C20H31ClNO2-. The van der Waals surface area contributed by atoms with E-state index in [0.29, 0.717) is 12.5 Å². The number of likely N-dealkylation sites (N-methyl/N-ethyl adjacent to an activating group) is 1. The Balaban J connectivity index is 0.00000288. The van der Waals surface area contributed by atoms with Gasteiger partial charge in [0.1, 0.15) is 6.61 Å². The summed E-state index contributed by atoms with van der Waals surface area (Å²) in [4.78, 5) is 15.0. The summed E-state index contributed by atoms with van der Waals surface area (Å²) in [6.07, 6.45) is 6.06. The Bertz CT molecular complexity index is 456. The molecule has 2 rings (SSSR count). The zero-order chi connectivity index (χ0) is 16.5. The second kappa shape index (κ2) is 11.5. The molecule has 0 heterocycles. The normalized spacial score (nSPS) is 16.5. The van der Waals surface area contributed by atoms with E-state index >= 15 is 0 Å². The average molecular weight is 353 g/mol. The van der Waals surface area contributed by atoms with Crippen LogP contribution in [-0.2, 0) is 9.53 Å². The quantitative estimate of drug-likeness (QED) is 0.659. The second-order valence-corrected chi connectivity index (χ2v) is 6.48. The van der Waals surface area contributed by atoms with Gasteiger partial charge in [-0.2, -0.15) is 0 Å². The van der Waals surface area contributed by atoms with Gasteiger partial charge in [-0.05, 0) is 37.4 Å². The Morgan fingerprint density at radius 2 is 1.75 bits per heavy atom. The highest BCUT2D eigenvalue weighted by molar-refractivity contribution is 5.78. The van der Waals surface area contributed by atoms with Gasteiger partial charge in [0.15, 0.2) is 0 Å². The van der Waals surface area contributed by atoms with Crippen molar-refractivity contribution in [3.8, 4) is 0 Å². The van der Waals surface area contributed by atoms with E-state index < -0.39 is 0 Å². The number of hydrogen-bond acceptors (Lipinski definition) is 3. The molecule has 1 fully saturated rings. The van der Waals surface area contributed by atoms with Gasteiger partial charge in [-0.15, -0.1) is 0 Å². The molecule has 1 aliphatic carbocycles. The van der Waals surface area contributed by atoms with E-state index in [1.807, 2.05) is 18.2 Å². The molecule has 0 spiro atoms. The number of hydrogen-bond donors (Lipinski definition) is 0. The molecule has 0 aliphatic heterocycles. The summed E-state index contributed by atoms with van der Waals surface area (Å²) >= 11 is 0. The van der Waals surface area contributed by atoms with E-state index in [9.17, 15) is 4.79 Å². The fraction of sp³-hybridized carbons (Fsp3) is 0.650. The van der Waals surface area contributed by atoms with E-state index in [1.54, 1.807) is 0 Å². The number of rotatable bonds is 8. The van der Waals surface area contributed by atoms with Crippen LogP contribution in [0.2, 0.25) is 0 Å². The number of carbonyl (C=O) groups is 1. The van der Waals surface area contributed by atoms with Crippen molar-refractivity contribution in [2.45, 2.75) is 51.9 Å². The highest BCUT2D eigenvalue weighted by Crippen LogP contribution is 2.36. The lowest BCUT2D eigenvalue weighted by atomic mass is 9.77. The zero-order valence-corrected chi connectivity index (χ0v) is 15.8. The van der Waals surface area contributed by atoms with E-state index in [2.05, 4.69) is 30.9 Å². The standard InChI is InChI=1S/C20H31NO2.ClH/c1-3-21(4-2)15-16-23-20(22)19(17-11-7-5-8-12-17)18-13-9-6-10-14-18;/h5,7-8,11-12,18-19H,3-4,6,9-10,13-16H2,1-2H3;1H/p-1. The first kappa shape index (κ1) is 21.0. The van der Waals surface area contributed by atoms with Crippen LogP contribution >= 0.6 is 0 Å². The van der Waals surface area contributed by atoms with E-state index in [-0.39, 0.29) is 24.3 Å². The average Bonchev–Trinajstić information content (AvgIpc) is 2.61. The maximum Gasteiger partial charge on any atom is 0.313 e. The molecule has 0 aromatic heterocycles. The van der Waals surface area contributed by atoms with Crippen LogP contribution in [0.5, 0.6) is 0 Å². The van der Waals surface area contributed by atoms with Crippen molar-refractivity contribution in [3.63, 3.8) is 0 Å². The minimum absolute atomic E-state index is 0. The largest absolute Gasteiger partial charge is 1.00 e. The Labute approximate surface area is 153 Å². The molecule has 1 saturated carbocycles. The monoisotopic (exact) mass is 352 g/mol. The van der Waals surface area contributed by atoms with Crippen molar-refractivity contribution >= 4 is 5.97 Å². The first-order valence-electron chi connectivity index (χ1n) is 9.20. The van der Waals surface area contributed by atoms with Gasteiger partial charge in [-0.25, -0.2) is 0 Å². The molecule has 1 aromatic rings. The SMILES string of the molecule is CCN(CC)CCOC(=O)C(c1ccccc1)C1CCCCC1.[Cl-]. The second-order valence-electron chi connectivity index (χ2n) is 6.48. The van der Waals surface area contributed by atoms with Crippen molar-refractivity contribution < 1.29 is 21.9 Å². The third-order valence-corrected chi connectivity index (χ3v) is 5.08. The van der Waals surface area contributed by atoms with Crippen LogP contribution in [0, 0.1) is 5.92 Å². The summed E-state index contributed by atoms with van der Waals surface area (Å²) in [5.41, 5.74) is 1.12. The van der Waals surface area contributed by atoms with Gasteiger partial charge in [-0.3, -0.25) is 4.79 Å². The topological polar surface area (TPSA) is 29.5 Å². The lowest BCUT2D eigenvalue weighted by Gasteiger charge is -2.29. The third kappa shape index (κ3) is 6.10. The van der Waals surface area contributed by atoms with Gasteiger partial charge < -0.3 is 22.0 Å². The molecule has 0 radical (unpaired) electrons. The molecule has 0 saturated heterocycles. The molecule has 1 unspecified atom stereocenters. The number of nitrogens with zero attached hydrogens (tertiary/aromatic N) is 1. The third-order valence-electron chi connectivity index (χ3n) is 5.08. The van der Waals surface area contributed by atoms with Crippen LogP contribution in [0.1, 0.15) is 57.4 Å². The first-order valence-corrected chi connectivity index (χ1v) is 9.20. The minimum Gasteiger partial charge on any atom is -1.00 e. The number of carbonyl (C=O) groups excluding carboxylic acids is 1. The highest BCUT2D eigenvalue weighted by atomic mass is 35.5. The number of ether oxygens (including phenoxy) is 1. The number of esters is 1. The Morgan fingerprint density at radius 1 is 1.12 bits per heavy atom. The fourth-order valence-electron chi connectivity index (χ4n) is 3.63. The maximum atomic E-state index is 12.8. The van der Waals surface area contributed by atoms with Gasteiger partial charge in [0.25, 0.3) is 0 Å². The molecule has 1 atom stereocenters. The predicted molar refractivity (Wildman–Crippen MR) is 94.5 cm³/mol. The first-order chi connectivity index (χ1) is 11.3. The van der Waals surface area contributed by atoms with Gasteiger partial charge in [0.2, 0.25) is 0 Å². The molecule has 0 bridgehead atoms. The molecule has 1 aromatic carbocycles.